The number of hydrogen-bond acceptors (Lipinski definition) is 2. The zero-order valence-corrected chi connectivity index (χ0v) is 12.7. The lowest BCUT2D eigenvalue weighted by Gasteiger charge is -2.08. The second-order valence-electron chi connectivity index (χ2n) is 3.57. The van der Waals surface area contributed by atoms with Gasteiger partial charge in [0.15, 0.2) is 0 Å². The van der Waals surface area contributed by atoms with Crippen molar-refractivity contribution in [3.05, 3.63) is 49.0 Å². The predicted octanol–water partition coefficient (Wildman–Crippen LogP) is 5.19. The summed E-state index contributed by atoms with van der Waals surface area (Å²) in [6.07, 6.45) is 0. The van der Waals surface area contributed by atoms with Gasteiger partial charge < -0.3 is 5.32 Å². The molecule has 0 fully saturated rings. The average molecular weight is 361 g/mol. The molecule has 1 heterocycles. The maximum atomic E-state index is 3.48. The number of hydrogen-bond donors (Lipinski definition) is 1. The molecule has 0 saturated carbocycles. The van der Waals surface area contributed by atoms with Crippen LogP contribution in [0.5, 0.6) is 0 Å². The molecule has 1 N–H and O–H groups in total. The van der Waals surface area contributed by atoms with Crippen molar-refractivity contribution < 1.29 is 0 Å². The standard InChI is InChI=1S/C12H11Br2NS/c1-8-2-3-10(13)5-11(8)15-6-9-4-12(14)16-7-9/h2-5,7,15H,6H2,1H3. The van der Waals surface area contributed by atoms with Crippen molar-refractivity contribution in [2.75, 3.05) is 5.32 Å². The van der Waals surface area contributed by atoms with Crippen molar-refractivity contribution in [2.45, 2.75) is 13.5 Å². The van der Waals surface area contributed by atoms with Crippen molar-refractivity contribution >= 4 is 48.9 Å². The molecule has 0 radical (unpaired) electrons. The lowest BCUT2D eigenvalue weighted by atomic mass is 10.2. The van der Waals surface area contributed by atoms with E-state index in [1.165, 1.54) is 20.6 Å². The van der Waals surface area contributed by atoms with E-state index in [-0.39, 0.29) is 0 Å². The molecule has 1 nitrogen and oxygen atoms in total. The van der Waals surface area contributed by atoms with Crippen LogP contribution in [0, 0.1) is 6.92 Å². The molecule has 0 amide bonds. The minimum absolute atomic E-state index is 0.861. The van der Waals surface area contributed by atoms with Gasteiger partial charge in [-0.1, -0.05) is 22.0 Å². The van der Waals surface area contributed by atoms with Crippen LogP contribution in [-0.2, 0) is 6.54 Å². The summed E-state index contributed by atoms with van der Waals surface area (Å²) in [6.45, 7) is 2.97. The van der Waals surface area contributed by atoms with E-state index in [2.05, 4.69) is 73.7 Å². The van der Waals surface area contributed by atoms with Gasteiger partial charge in [-0.25, -0.2) is 0 Å². The van der Waals surface area contributed by atoms with Crippen LogP contribution in [0.15, 0.2) is 37.9 Å². The fourth-order valence-electron chi connectivity index (χ4n) is 1.42. The van der Waals surface area contributed by atoms with Gasteiger partial charge in [0.25, 0.3) is 0 Å². The summed E-state index contributed by atoms with van der Waals surface area (Å²) >= 11 is 8.66. The molecular formula is C12H11Br2NS. The first-order valence-electron chi connectivity index (χ1n) is 4.88. The zero-order valence-electron chi connectivity index (χ0n) is 8.76. The number of anilines is 1. The van der Waals surface area contributed by atoms with Crippen LogP contribution in [-0.4, -0.2) is 0 Å². The normalized spacial score (nSPS) is 10.4. The SMILES string of the molecule is Cc1ccc(Br)cc1NCc1csc(Br)c1. The fourth-order valence-corrected chi connectivity index (χ4v) is 2.99. The molecule has 2 aromatic rings. The first-order chi connectivity index (χ1) is 7.65. The van der Waals surface area contributed by atoms with Gasteiger partial charge in [0, 0.05) is 16.7 Å². The van der Waals surface area contributed by atoms with Crippen molar-refractivity contribution in [1.29, 1.82) is 0 Å². The second-order valence-corrected chi connectivity index (χ2v) is 6.78. The lowest BCUT2D eigenvalue weighted by molar-refractivity contribution is 1.15. The molecule has 4 heteroatoms. The van der Waals surface area contributed by atoms with E-state index in [1.54, 1.807) is 11.3 Å². The first-order valence-corrected chi connectivity index (χ1v) is 7.34. The van der Waals surface area contributed by atoms with Crippen molar-refractivity contribution in [1.82, 2.24) is 0 Å². The topological polar surface area (TPSA) is 12.0 Å². The van der Waals surface area contributed by atoms with Gasteiger partial charge in [-0.2, -0.15) is 0 Å². The van der Waals surface area contributed by atoms with Crippen molar-refractivity contribution in [3.63, 3.8) is 0 Å². The highest BCUT2D eigenvalue weighted by atomic mass is 79.9. The van der Waals surface area contributed by atoms with E-state index < -0.39 is 0 Å². The van der Waals surface area contributed by atoms with E-state index >= 15 is 0 Å². The minimum atomic E-state index is 0.861. The van der Waals surface area contributed by atoms with Crippen LogP contribution in [0.1, 0.15) is 11.1 Å². The van der Waals surface area contributed by atoms with Gasteiger partial charge in [-0.05, 0) is 57.6 Å². The molecule has 0 aliphatic rings. The summed E-state index contributed by atoms with van der Waals surface area (Å²) in [7, 11) is 0. The van der Waals surface area contributed by atoms with Gasteiger partial charge in [-0.3, -0.25) is 0 Å². The molecule has 0 aliphatic carbocycles. The Morgan fingerprint density at radius 1 is 1.25 bits per heavy atom. The minimum Gasteiger partial charge on any atom is -0.381 e. The molecular weight excluding hydrogens is 350 g/mol. The molecule has 84 valence electrons. The van der Waals surface area contributed by atoms with Crippen LogP contribution >= 0.6 is 43.2 Å². The smallest absolute Gasteiger partial charge is 0.0701 e. The van der Waals surface area contributed by atoms with E-state index in [1.807, 2.05) is 0 Å². The van der Waals surface area contributed by atoms with E-state index in [0.717, 1.165) is 11.0 Å². The van der Waals surface area contributed by atoms with Crippen LogP contribution in [0.25, 0.3) is 0 Å². The number of halogens is 2. The zero-order chi connectivity index (χ0) is 11.5. The summed E-state index contributed by atoms with van der Waals surface area (Å²) in [5.41, 5.74) is 3.74. The van der Waals surface area contributed by atoms with Gasteiger partial charge in [-0.15, -0.1) is 11.3 Å². The van der Waals surface area contributed by atoms with Crippen molar-refractivity contribution in [3.8, 4) is 0 Å². The molecule has 1 aromatic carbocycles. The van der Waals surface area contributed by atoms with Crippen LogP contribution < -0.4 is 5.32 Å². The average Bonchev–Trinajstić information content (AvgIpc) is 2.66. The number of aryl methyl sites for hydroxylation is 1. The Hall–Kier alpha value is -0.320. The van der Waals surface area contributed by atoms with Gasteiger partial charge in [0.2, 0.25) is 0 Å². The fraction of sp³-hybridized carbons (Fsp3) is 0.167. The van der Waals surface area contributed by atoms with Crippen molar-refractivity contribution in [2.24, 2.45) is 0 Å². The molecule has 1 aromatic heterocycles. The highest BCUT2D eigenvalue weighted by Gasteiger charge is 2.00. The Morgan fingerprint density at radius 2 is 2.06 bits per heavy atom. The number of thiophene rings is 1. The third-order valence-corrected chi connectivity index (χ3v) is 4.35. The van der Waals surface area contributed by atoms with Crippen LogP contribution in [0.2, 0.25) is 0 Å². The quantitative estimate of drug-likeness (QED) is 0.793. The molecule has 0 unspecified atom stereocenters. The molecule has 2 rings (SSSR count). The third-order valence-electron chi connectivity index (χ3n) is 2.30. The predicted molar refractivity (Wildman–Crippen MR) is 78.2 cm³/mol. The number of benzene rings is 1. The van der Waals surface area contributed by atoms with Gasteiger partial charge >= 0.3 is 0 Å². The largest absolute Gasteiger partial charge is 0.381 e. The summed E-state index contributed by atoms with van der Waals surface area (Å²) in [5.74, 6) is 0. The van der Waals surface area contributed by atoms with E-state index in [4.69, 9.17) is 0 Å². The van der Waals surface area contributed by atoms with Gasteiger partial charge in [0.05, 0.1) is 3.79 Å². The van der Waals surface area contributed by atoms with Crippen LogP contribution in [0.3, 0.4) is 0 Å². The molecule has 0 bridgehead atoms. The maximum absolute atomic E-state index is 3.48. The summed E-state index contributed by atoms with van der Waals surface area (Å²) < 4.78 is 2.28. The summed E-state index contributed by atoms with van der Waals surface area (Å²) in [6, 6.07) is 8.42. The Bertz CT molecular complexity index is 494. The Labute approximate surface area is 116 Å². The van der Waals surface area contributed by atoms with E-state index in [9.17, 15) is 0 Å². The van der Waals surface area contributed by atoms with Crippen LogP contribution in [0.4, 0.5) is 5.69 Å². The molecule has 0 spiro atoms. The molecule has 0 atom stereocenters. The lowest BCUT2D eigenvalue weighted by Crippen LogP contribution is -1.99. The second kappa shape index (κ2) is 5.34. The van der Waals surface area contributed by atoms with Gasteiger partial charge in [0.1, 0.15) is 0 Å². The Morgan fingerprint density at radius 3 is 2.75 bits per heavy atom. The monoisotopic (exact) mass is 359 g/mol. The first kappa shape index (κ1) is 12.1. The number of nitrogens with one attached hydrogen (secondary N) is 1. The van der Waals surface area contributed by atoms with E-state index in [0.29, 0.717) is 0 Å². The number of rotatable bonds is 3. The Kier molecular flexibility index (Phi) is 4.05. The third kappa shape index (κ3) is 3.09. The summed E-state index contributed by atoms with van der Waals surface area (Å²) in [5, 5.41) is 5.60. The molecule has 0 saturated heterocycles. The molecule has 0 aliphatic heterocycles. The molecule has 16 heavy (non-hydrogen) atoms. The maximum Gasteiger partial charge on any atom is 0.0701 e. The summed E-state index contributed by atoms with van der Waals surface area (Å²) in [4.78, 5) is 0. The highest BCUT2D eigenvalue weighted by molar-refractivity contribution is 9.11. The Balaban J connectivity index is 2.07. The highest BCUT2D eigenvalue weighted by Crippen LogP contribution is 2.24.